The van der Waals surface area contributed by atoms with E-state index >= 15 is 0 Å². The molecule has 0 aliphatic rings. The molecule has 0 bridgehead atoms. The number of rotatable bonds is 9. The van der Waals surface area contributed by atoms with Gasteiger partial charge in [-0.05, 0) is 103 Å². The lowest BCUT2D eigenvalue weighted by Crippen LogP contribution is -2.02. The highest BCUT2D eigenvalue weighted by atomic mass is 14.7. The molecular formula is C57H39N3. The van der Waals surface area contributed by atoms with Gasteiger partial charge in [-0.2, -0.15) is 0 Å². The predicted molar refractivity (Wildman–Crippen MR) is 249 cm³/mol. The quantitative estimate of drug-likeness (QED) is 0.147. The second-order valence-electron chi connectivity index (χ2n) is 14.7. The Morgan fingerprint density at radius 1 is 0.167 bits per heavy atom. The molecule has 3 aromatic heterocycles. The second kappa shape index (κ2) is 16.5. The maximum absolute atomic E-state index is 4.68. The van der Waals surface area contributed by atoms with Gasteiger partial charge in [0, 0.05) is 35.3 Å². The standard InChI is InChI=1S/C57H39N3/c1-4-16-43(17-5-1)52-55(46-31-25-40(26-32-46)49-22-10-13-37-58-49)53(44-18-6-2-7-19-44)57(48-35-29-42(30-36-48)51-24-12-15-39-60-51)54(45-20-8-3-9-21-45)56(52)47-33-27-41(28-34-47)50-23-11-14-38-59-50/h1-39H. The summed E-state index contributed by atoms with van der Waals surface area (Å²) in [6, 6.07) is 77.6. The van der Waals surface area contributed by atoms with Gasteiger partial charge in [-0.15, -0.1) is 0 Å². The van der Waals surface area contributed by atoms with Crippen LogP contribution < -0.4 is 0 Å². The van der Waals surface area contributed by atoms with Gasteiger partial charge in [0.05, 0.1) is 17.1 Å². The van der Waals surface area contributed by atoms with Crippen molar-refractivity contribution in [1.29, 1.82) is 0 Å². The van der Waals surface area contributed by atoms with Crippen LogP contribution in [0.15, 0.2) is 237 Å². The molecule has 282 valence electrons. The van der Waals surface area contributed by atoms with Crippen LogP contribution in [0.2, 0.25) is 0 Å². The van der Waals surface area contributed by atoms with Crippen molar-refractivity contribution in [2.24, 2.45) is 0 Å². The number of nitrogens with zero attached hydrogens (tertiary/aromatic N) is 3. The van der Waals surface area contributed by atoms with Crippen molar-refractivity contribution in [3.8, 4) is 101 Å². The smallest absolute Gasteiger partial charge is 0.0701 e. The number of aromatic nitrogens is 3. The normalized spacial score (nSPS) is 11.0. The minimum Gasteiger partial charge on any atom is -0.256 e. The van der Waals surface area contributed by atoms with Crippen LogP contribution in [-0.4, -0.2) is 15.0 Å². The molecule has 0 amide bonds. The first-order valence-electron chi connectivity index (χ1n) is 20.3. The molecule has 3 heterocycles. The molecule has 0 fully saturated rings. The fraction of sp³-hybridized carbons (Fsp3) is 0. The van der Waals surface area contributed by atoms with E-state index in [4.69, 9.17) is 0 Å². The Kier molecular flexibility index (Phi) is 9.97. The Labute approximate surface area is 351 Å². The van der Waals surface area contributed by atoms with Crippen molar-refractivity contribution in [3.63, 3.8) is 0 Å². The first-order valence-corrected chi connectivity index (χ1v) is 20.3. The summed E-state index contributed by atoms with van der Waals surface area (Å²) < 4.78 is 0. The molecule has 0 aliphatic heterocycles. The number of pyridine rings is 3. The maximum atomic E-state index is 4.68. The molecule has 10 aromatic rings. The van der Waals surface area contributed by atoms with Crippen LogP contribution >= 0.6 is 0 Å². The van der Waals surface area contributed by atoms with E-state index in [0.29, 0.717) is 0 Å². The van der Waals surface area contributed by atoms with Gasteiger partial charge in [0.25, 0.3) is 0 Å². The molecule has 0 saturated carbocycles. The summed E-state index contributed by atoms with van der Waals surface area (Å²) in [6.07, 6.45) is 5.55. The van der Waals surface area contributed by atoms with Crippen molar-refractivity contribution < 1.29 is 0 Å². The van der Waals surface area contributed by atoms with E-state index in [1.807, 2.05) is 55.0 Å². The lowest BCUT2D eigenvalue weighted by Gasteiger charge is -2.29. The summed E-state index contributed by atoms with van der Waals surface area (Å²) >= 11 is 0. The molecule has 0 N–H and O–H groups in total. The summed E-state index contributed by atoms with van der Waals surface area (Å²) in [5.74, 6) is 0. The molecule has 3 heteroatoms. The Morgan fingerprint density at radius 2 is 0.367 bits per heavy atom. The van der Waals surface area contributed by atoms with Crippen molar-refractivity contribution >= 4 is 0 Å². The highest BCUT2D eigenvalue weighted by Gasteiger charge is 2.29. The molecule has 0 unspecified atom stereocenters. The topological polar surface area (TPSA) is 38.7 Å². The van der Waals surface area contributed by atoms with Crippen molar-refractivity contribution in [2.45, 2.75) is 0 Å². The molecule has 10 rings (SSSR count). The third-order valence-corrected chi connectivity index (χ3v) is 11.1. The monoisotopic (exact) mass is 765 g/mol. The van der Waals surface area contributed by atoms with Gasteiger partial charge in [0.1, 0.15) is 0 Å². The van der Waals surface area contributed by atoms with Gasteiger partial charge < -0.3 is 0 Å². The van der Waals surface area contributed by atoms with Crippen molar-refractivity contribution in [2.75, 3.05) is 0 Å². The third-order valence-electron chi connectivity index (χ3n) is 11.1. The van der Waals surface area contributed by atoms with E-state index in [-0.39, 0.29) is 0 Å². The predicted octanol–water partition coefficient (Wildman–Crippen LogP) is 14.9. The van der Waals surface area contributed by atoms with Gasteiger partial charge in [-0.3, -0.25) is 15.0 Å². The van der Waals surface area contributed by atoms with E-state index in [1.165, 1.54) is 16.7 Å². The fourth-order valence-electron chi connectivity index (χ4n) is 8.32. The summed E-state index contributed by atoms with van der Waals surface area (Å²) in [6.45, 7) is 0. The van der Waals surface area contributed by atoms with E-state index in [0.717, 1.165) is 83.8 Å². The van der Waals surface area contributed by atoms with Gasteiger partial charge in [-0.1, -0.05) is 182 Å². The van der Waals surface area contributed by atoms with Crippen LogP contribution in [0.1, 0.15) is 0 Å². The van der Waals surface area contributed by atoms with Crippen LogP contribution in [0.5, 0.6) is 0 Å². The number of hydrogen-bond acceptors (Lipinski definition) is 3. The third kappa shape index (κ3) is 7.10. The van der Waals surface area contributed by atoms with Crippen LogP contribution in [0.25, 0.3) is 101 Å². The highest BCUT2D eigenvalue weighted by molar-refractivity contribution is 6.15. The first kappa shape index (κ1) is 36.3. The Hall–Kier alpha value is -8.01. The van der Waals surface area contributed by atoms with E-state index in [2.05, 4.69) is 197 Å². The van der Waals surface area contributed by atoms with Crippen LogP contribution in [0, 0.1) is 0 Å². The molecule has 0 aliphatic carbocycles. The van der Waals surface area contributed by atoms with E-state index in [9.17, 15) is 0 Å². The zero-order chi connectivity index (χ0) is 40.1. The van der Waals surface area contributed by atoms with Crippen molar-refractivity contribution in [3.05, 3.63) is 237 Å². The summed E-state index contributed by atoms with van der Waals surface area (Å²) in [5, 5.41) is 0. The Balaban J connectivity index is 1.37. The molecule has 7 aromatic carbocycles. The molecular weight excluding hydrogens is 727 g/mol. The average Bonchev–Trinajstić information content (AvgIpc) is 3.35. The fourth-order valence-corrected chi connectivity index (χ4v) is 8.32. The van der Waals surface area contributed by atoms with Gasteiger partial charge in [0.2, 0.25) is 0 Å². The van der Waals surface area contributed by atoms with Gasteiger partial charge in [0.15, 0.2) is 0 Å². The van der Waals surface area contributed by atoms with E-state index in [1.54, 1.807) is 0 Å². The van der Waals surface area contributed by atoms with Crippen LogP contribution in [-0.2, 0) is 0 Å². The molecule has 3 nitrogen and oxygen atoms in total. The summed E-state index contributed by atoms with van der Waals surface area (Å²) in [5.41, 5.74) is 19.8. The number of hydrogen-bond donors (Lipinski definition) is 0. The minimum absolute atomic E-state index is 0.942. The lowest BCUT2D eigenvalue weighted by atomic mass is 9.74. The van der Waals surface area contributed by atoms with Gasteiger partial charge >= 0.3 is 0 Å². The Bertz CT molecular complexity index is 2630. The van der Waals surface area contributed by atoms with Crippen molar-refractivity contribution in [1.82, 2.24) is 15.0 Å². The lowest BCUT2D eigenvalue weighted by molar-refractivity contribution is 1.33. The second-order valence-corrected chi connectivity index (χ2v) is 14.7. The summed E-state index contributed by atoms with van der Waals surface area (Å²) in [4.78, 5) is 14.1. The highest BCUT2D eigenvalue weighted by Crippen LogP contribution is 2.56. The molecule has 60 heavy (non-hydrogen) atoms. The Morgan fingerprint density at radius 3 is 0.583 bits per heavy atom. The summed E-state index contributed by atoms with van der Waals surface area (Å²) in [7, 11) is 0. The van der Waals surface area contributed by atoms with Crippen LogP contribution in [0.4, 0.5) is 0 Å². The molecule has 0 spiro atoms. The molecule has 0 atom stereocenters. The van der Waals surface area contributed by atoms with E-state index < -0.39 is 0 Å². The SMILES string of the molecule is c1ccc(-c2c(-c3ccc(-c4ccccn4)cc3)c(-c3ccccc3)c(-c3ccc(-c4ccccn4)cc3)c(-c3ccccc3)c2-c2ccc(-c3ccccn3)cc2)cc1. The average molecular weight is 766 g/mol. The first-order chi connectivity index (χ1) is 29.8. The van der Waals surface area contributed by atoms with Crippen LogP contribution in [0.3, 0.4) is 0 Å². The molecule has 0 saturated heterocycles. The minimum atomic E-state index is 0.942. The maximum Gasteiger partial charge on any atom is 0.0701 e. The van der Waals surface area contributed by atoms with Gasteiger partial charge in [-0.25, -0.2) is 0 Å². The molecule has 0 radical (unpaired) electrons. The largest absolute Gasteiger partial charge is 0.256 e. The zero-order valence-corrected chi connectivity index (χ0v) is 32.9. The number of benzene rings is 7. The zero-order valence-electron chi connectivity index (χ0n) is 32.9.